The highest BCUT2D eigenvalue weighted by Crippen LogP contribution is 2.37. The Hall–Kier alpha value is -2.28. The molecule has 2 nitrogen and oxygen atoms in total. The molecule has 0 N–H and O–H groups in total. The Morgan fingerprint density at radius 2 is 1.48 bits per heavy atom. The van der Waals surface area contributed by atoms with Crippen molar-refractivity contribution in [3.63, 3.8) is 0 Å². The van der Waals surface area contributed by atoms with Gasteiger partial charge in [-0.25, -0.2) is 0 Å². The molecular weight excluding hydrogens is 420 g/mol. The summed E-state index contributed by atoms with van der Waals surface area (Å²) in [6.45, 7) is 7.34. The van der Waals surface area contributed by atoms with Crippen molar-refractivity contribution in [3.05, 3.63) is 72.5 Å². The van der Waals surface area contributed by atoms with Gasteiger partial charge in [0.05, 0.1) is 12.4 Å². The maximum absolute atomic E-state index is 6.90. The van der Waals surface area contributed by atoms with E-state index >= 15 is 0 Å². The normalized spacial score (nSPS) is 19.7. The van der Waals surface area contributed by atoms with Gasteiger partial charge in [0.15, 0.2) is 6.10 Å². The molecule has 1 atom stereocenters. The zero-order chi connectivity index (χ0) is 23.2. The van der Waals surface area contributed by atoms with Gasteiger partial charge in [-0.2, -0.15) is 0 Å². The number of hydrogen-bond acceptors (Lipinski definition) is 2. The van der Waals surface area contributed by atoms with E-state index in [1.165, 1.54) is 48.2 Å². The monoisotopic (exact) mass is 458 g/mol. The van der Waals surface area contributed by atoms with Gasteiger partial charge in [-0.05, 0) is 47.2 Å². The Labute approximate surface area is 201 Å². The van der Waals surface area contributed by atoms with E-state index in [0.717, 1.165) is 12.8 Å². The third-order valence-electron chi connectivity index (χ3n) is 7.10. The van der Waals surface area contributed by atoms with E-state index < -0.39 is 8.32 Å². The number of benzene rings is 2. The number of hydrogen-bond donors (Lipinski definition) is 0. The molecule has 1 aliphatic heterocycles. The summed E-state index contributed by atoms with van der Waals surface area (Å²) in [5.41, 5.74) is 0. The van der Waals surface area contributed by atoms with E-state index in [2.05, 4.69) is 99.4 Å². The van der Waals surface area contributed by atoms with E-state index in [4.69, 9.17) is 9.16 Å². The molecule has 33 heavy (non-hydrogen) atoms. The van der Waals surface area contributed by atoms with Crippen LogP contribution in [-0.4, -0.2) is 21.0 Å². The van der Waals surface area contributed by atoms with Crippen LogP contribution in [0, 0.1) is 17.8 Å². The quantitative estimate of drug-likeness (QED) is 0.392. The third-order valence-corrected chi connectivity index (χ3v) is 12.1. The zero-order valence-corrected chi connectivity index (χ0v) is 21.5. The molecule has 2 aromatic rings. The van der Waals surface area contributed by atoms with Gasteiger partial charge in [-0.1, -0.05) is 113 Å². The van der Waals surface area contributed by atoms with Gasteiger partial charge in [0.25, 0.3) is 8.32 Å². The molecule has 0 amide bonds. The first-order valence-corrected chi connectivity index (χ1v) is 14.5. The third kappa shape index (κ3) is 5.45. The first kappa shape index (κ1) is 23.9. The van der Waals surface area contributed by atoms with Crippen molar-refractivity contribution in [1.29, 1.82) is 0 Å². The molecule has 1 fully saturated rings. The molecule has 174 valence electrons. The Morgan fingerprint density at radius 1 is 0.879 bits per heavy atom. The second kappa shape index (κ2) is 10.8. The lowest BCUT2D eigenvalue weighted by atomic mass is 9.86. The van der Waals surface area contributed by atoms with E-state index in [9.17, 15) is 0 Å². The fourth-order valence-electron chi connectivity index (χ4n) is 5.46. The molecule has 1 unspecified atom stereocenters. The van der Waals surface area contributed by atoms with Crippen LogP contribution in [0.1, 0.15) is 65.7 Å². The van der Waals surface area contributed by atoms with Crippen molar-refractivity contribution >= 4 is 18.7 Å². The largest absolute Gasteiger partial charge is 0.482 e. The molecule has 2 aliphatic rings. The first-order chi connectivity index (χ1) is 16.0. The standard InChI is InChI=1S/C30H38O2Si/c1-30(2,3)33(27-19-9-5-10-20-27,28-21-11-6-12-22-28)31-24-14-18-26-17-13-23-29(32-26)25-15-7-4-8-16-25/h5-6,9-12,19-23,25-26H,4,7-8,13,15-17,24H2,1-3H3. The minimum Gasteiger partial charge on any atom is -0.482 e. The molecule has 1 saturated carbocycles. The maximum Gasteiger partial charge on any atom is 0.262 e. The second-order valence-corrected chi connectivity index (χ2v) is 14.7. The summed E-state index contributed by atoms with van der Waals surface area (Å²) in [6, 6.07) is 21.5. The summed E-state index contributed by atoms with van der Waals surface area (Å²) in [5.74, 6) is 8.57. The molecule has 2 aromatic carbocycles. The summed E-state index contributed by atoms with van der Waals surface area (Å²) >= 11 is 0. The van der Waals surface area contributed by atoms with Gasteiger partial charge < -0.3 is 9.16 Å². The molecule has 0 radical (unpaired) electrons. The molecule has 4 rings (SSSR count). The van der Waals surface area contributed by atoms with Crippen LogP contribution in [0.2, 0.25) is 5.04 Å². The predicted octanol–water partition coefficient (Wildman–Crippen LogP) is 6.21. The average molecular weight is 459 g/mol. The highest BCUT2D eigenvalue weighted by atomic mass is 28.4. The topological polar surface area (TPSA) is 18.5 Å². The summed E-state index contributed by atoms with van der Waals surface area (Å²) in [7, 11) is -2.53. The van der Waals surface area contributed by atoms with Crippen molar-refractivity contribution in [2.45, 2.75) is 76.9 Å². The van der Waals surface area contributed by atoms with Gasteiger partial charge in [0.2, 0.25) is 0 Å². The van der Waals surface area contributed by atoms with Gasteiger partial charge in [0, 0.05) is 5.92 Å². The van der Waals surface area contributed by atoms with Crippen LogP contribution >= 0.6 is 0 Å². The molecule has 1 aliphatic carbocycles. The van der Waals surface area contributed by atoms with Crippen molar-refractivity contribution in [1.82, 2.24) is 0 Å². The van der Waals surface area contributed by atoms with Crippen LogP contribution in [0.4, 0.5) is 0 Å². The van der Waals surface area contributed by atoms with E-state index in [0.29, 0.717) is 12.5 Å². The molecule has 0 bridgehead atoms. The van der Waals surface area contributed by atoms with E-state index in [-0.39, 0.29) is 11.1 Å². The SMILES string of the molecule is CC(C)(C)[Si](OCC#CC1CCC=C(C2CCCCC2)O1)(c1ccccc1)c1ccccc1. The van der Waals surface area contributed by atoms with Crippen molar-refractivity contribution in [2.75, 3.05) is 6.61 Å². The van der Waals surface area contributed by atoms with Gasteiger partial charge >= 0.3 is 0 Å². The van der Waals surface area contributed by atoms with E-state index in [1.54, 1.807) is 0 Å². The smallest absolute Gasteiger partial charge is 0.262 e. The van der Waals surface area contributed by atoms with Crippen molar-refractivity contribution in [3.8, 4) is 11.8 Å². The molecule has 0 saturated heterocycles. The van der Waals surface area contributed by atoms with Gasteiger partial charge in [-0.3, -0.25) is 0 Å². The summed E-state index contributed by atoms with van der Waals surface area (Å²) in [5, 5.41) is 2.55. The lowest BCUT2D eigenvalue weighted by Crippen LogP contribution is -2.66. The number of ether oxygens (including phenoxy) is 1. The lowest BCUT2D eigenvalue weighted by Gasteiger charge is -2.42. The predicted molar refractivity (Wildman–Crippen MR) is 140 cm³/mol. The fourth-order valence-corrected chi connectivity index (χ4v) is 9.91. The second-order valence-electron chi connectivity index (χ2n) is 10.4. The highest BCUT2D eigenvalue weighted by Gasteiger charge is 2.50. The van der Waals surface area contributed by atoms with E-state index in [1.807, 2.05) is 0 Å². The van der Waals surface area contributed by atoms with Crippen LogP contribution < -0.4 is 10.4 Å². The lowest BCUT2D eigenvalue weighted by molar-refractivity contribution is 0.103. The Morgan fingerprint density at radius 3 is 2.06 bits per heavy atom. The minimum absolute atomic E-state index is 0.00493. The summed E-state index contributed by atoms with van der Waals surface area (Å²) in [4.78, 5) is 0. The maximum atomic E-state index is 6.90. The minimum atomic E-state index is -2.53. The first-order valence-electron chi connectivity index (χ1n) is 12.6. The molecule has 0 spiro atoms. The molecular formula is C30H38O2Si. The van der Waals surface area contributed by atoms with Crippen LogP contribution in [0.3, 0.4) is 0 Å². The van der Waals surface area contributed by atoms with Gasteiger partial charge in [0.1, 0.15) is 0 Å². The zero-order valence-electron chi connectivity index (χ0n) is 20.5. The molecule has 1 heterocycles. The van der Waals surface area contributed by atoms with Crippen LogP contribution in [0.25, 0.3) is 0 Å². The van der Waals surface area contributed by atoms with Crippen molar-refractivity contribution < 1.29 is 9.16 Å². The van der Waals surface area contributed by atoms with Crippen LogP contribution in [0.15, 0.2) is 72.5 Å². The highest BCUT2D eigenvalue weighted by molar-refractivity contribution is 6.99. The number of allylic oxidation sites excluding steroid dienone is 2. The fraction of sp³-hybridized carbons (Fsp3) is 0.467. The molecule has 0 aromatic heterocycles. The Bertz CT molecular complexity index is 933. The molecule has 3 heteroatoms. The Kier molecular flexibility index (Phi) is 7.78. The van der Waals surface area contributed by atoms with Crippen LogP contribution in [-0.2, 0) is 9.16 Å². The van der Waals surface area contributed by atoms with Gasteiger partial charge in [-0.15, -0.1) is 0 Å². The average Bonchev–Trinajstić information content (AvgIpc) is 2.85. The Balaban J connectivity index is 1.52. The van der Waals surface area contributed by atoms with Crippen molar-refractivity contribution in [2.24, 2.45) is 5.92 Å². The summed E-state index contributed by atoms with van der Waals surface area (Å²) < 4.78 is 13.2. The summed E-state index contributed by atoms with van der Waals surface area (Å²) in [6.07, 6.45) is 10.9. The number of rotatable bonds is 5. The van der Waals surface area contributed by atoms with Crippen LogP contribution in [0.5, 0.6) is 0 Å².